The molecule has 21 heavy (non-hydrogen) atoms. The number of amides is 1. The first-order valence-electron chi connectivity index (χ1n) is 7.41. The van der Waals surface area contributed by atoms with Gasteiger partial charge in [-0.15, -0.1) is 0 Å². The van der Waals surface area contributed by atoms with Crippen molar-refractivity contribution in [1.29, 1.82) is 0 Å². The Morgan fingerprint density at radius 2 is 2.33 bits per heavy atom. The normalized spacial score (nSPS) is 18.4. The second kappa shape index (κ2) is 5.71. The van der Waals surface area contributed by atoms with Gasteiger partial charge in [0.25, 0.3) is 0 Å². The van der Waals surface area contributed by atoms with Gasteiger partial charge in [0.2, 0.25) is 5.91 Å². The molecule has 2 aromatic rings. The Hall–Kier alpha value is -2.11. The third-order valence-corrected chi connectivity index (χ3v) is 4.12. The number of nitrogens with one attached hydrogen (secondary N) is 1. The van der Waals surface area contributed by atoms with Crippen molar-refractivity contribution in [3.63, 3.8) is 0 Å². The van der Waals surface area contributed by atoms with Crippen LogP contribution in [0.1, 0.15) is 36.0 Å². The number of hydrogen-bond donors (Lipinski definition) is 1. The Kier molecular flexibility index (Phi) is 3.77. The second-order valence-corrected chi connectivity index (χ2v) is 5.72. The summed E-state index contributed by atoms with van der Waals surface area (Å²) in [7, 11) is 0. The molecular formula is C15H21N5O. The summed E-state index contributed by atoms with van der Waals surface area (Å²) in [5.74, 6) is 1.55. The average Bonchev–Trinajstić information content (AvgIpc) is 3.16. The molecule has 0 saturated carbocycles. The number of aryl methyl sites for hydroxylation is 3. The molecule has 1 aliphatic heterocycles. The third kappa shape index (κ3) is 2.99. The molecular weight excluding hydrogens is 266 g/mol. The zero-order valence-corrected chi connectivity index (χ0v) is 12.5. The molecule has 0 unspecified atom stereocenters. The Morgan fingerprint density at radius 1 is 1.48 bits per heavy atom. The van der Waals surface area contributed by atoms with Gasteiger partial charge < -0.3 is 9.88 Å². The third-order valence-electron chi connectivity index (χ3n) is 4.12. The molecule has 1 amide bonds. The van der Waals surface area contributed by atoms with Crippen LogP contribution >= 0.6 is 0 Å². The van der Waals surface area contributed by atoms with Gasteiger partial charge in [-0.2, -0.15) is 5.10 Å². The number of carbonyl (C=O) groups is 1. The van der Waals surface area contributed by atoms with Crippen LogP contribution in [-0.4, -0.2) is 43.6 Å². The Bertz CT molecular complexity index is 630. The number of imidazole rings is 1. The van der Waals surface area contributed by atoms with Crippen molar-refractivity contribution in [3.8, 4) is 0 Å². The van der Waals surface area contributed by atoms with E-state index >= 15 is 0 Å². The standard InChI is InChI=1S/C15H21N5O/c1-11-9-16-15(18-11)13-4-7-19(10-13)14(21)5-8-20-12(2)3-6-17-20/h3,6,9,13H,4-5,7-8,10H2,1-2H3,(H,16,18)/t13-/m0/s1. The number of aromatic nitrogens is 4. The highest BCUT2D eigenvalue weighted by Crippen LogP contribution is 2.25. The van der Waals surface area contributed by atoms with Crippen molar-refractivity contribution in [2.45, 2.75) is 39.2 Å². The molecule has 1 fully saturated rings. The summed E-state index contributed by atoms with van der Waals surface area (Å²) in [5.41, 5.74) is 2.16. The van der Waals surface area contributed by atoms with Gasteiger partial charge in [0, 0.05) is 55.8 Å². The Labute approximate surface area is 124 Å². The van der Waals surface area contributed by atoms with E-state index in [2.05, 4.69) is 15.1 Å². The lowest BCUT2D eigenvalue weighted by atomic mass is 10.1. The minimum absolute atomic E-state index is 0.204. The summed E-state index contributed by atoms with van der Waals surface area (Å²) in [6.07, 6.45) is 5.11. The first kappa shape index (κ1) is 13.9. The topological polar surface area (TPSA) is 66.8 Å². The summed E-state index contributed by atoms with van der Waals surface area (Å²) in [6.45, 7) is 6.24. The fourth-order valence-electron chi connectivity index (χ4n) is 2.84. The largest absolute Gasteiger partial charge is 0.346 e. The fraction of sp³-hybridized carbons (Fsp3) is 0.533. The molecule has 0 bridgehead atoms. The molecule has 0 radical (unpaired) electrons. The fourth-order valence-corrected chi connectivity index (χ4v) is 2.84. The Morgan fingerprint density at radius 3 is 3.00 bits per heavy atom. The second-order valence-electron chi connectivity index (χ2n) is 5.72. The molecule has 0 aromatic carbocycles. The predicted molar refractivity (Wildman–Crippen MR) is 78.8 cm³/mol. The lowest BCUT2D eigenvalue weighted by Gasteiger charge is -2.16. The molecule has 3 heterocycles. The van der Waals surface area contributed by atoms with Crippen molar-refractivity contribution in [2.75, 3.05) is 13.1 Å². The van der Waals surface area contributed by atoms with Crippen molar-refractivity contribution in [2.24, 2.45) is 0 Å². The van der Waals surface area contributed by atoms with Gasteiger partial charge in [0.05, 0.1) is 0 Å². The SMILES string of the molecule is Cc1cnc([C@H]2CCN(C(=O)CCn3nccc3C)C2)[nH]1. The van der Waals surface area contributed by atoms with Gasteiger partial charge in [-0.05, 0) is 26.3 Å². The van der Waals surface area contributed by atoms with Crippen LogP contribution in [0.15, 0.2) is 18.5 Å². The maximum Gasteiger partial charge on any atom is 0.224 e. The predicted octanol–water partition coefficient (Wildman–Crippen LogP) is 1.63. The average molecular weight is 287 g/mol. The van der Waals surface area contributed by atoms with Crippen LogP contribution in [0.3, 0.4) is 0 Å². The molecule has 0 aliphatic carbocycles. The van der Waals surface area contributed by atoms with Crippen LogP contribution in [0.2, 0.25) is 0 Å². The molecule has 1 saturated heterocycles. The van der Waals surface area contributed by atoms with Gasteiger partial charge >= 0.3 is 0 Å². The van der Waals surface area contributed by atoms with Crippen molar-refractivity contribution in [3.05, 3.63) is 35.7 Å². The van der Waals surface area contributed by atoms with Crippen LogP contribution in [-0.2, 0) is 11.3 Å². The van der Waals surface area contributed by atoms with Gasteiger partial charge in [0.1, 0.15) is 5.82 Å². The van der Waals surface area contributed by atoms with E-state index < -0.39 is 0 Å². The maximum absolute atomic E-state index is 12.3. The van der Waals surface area contributed by atoms with Gasteiger partial charge in [-0.3, -0.25) is 9.48 Å². The van der Waals surface area contributed by atoms with Gasteiger partial charge in [0.15, 0.2) is 0 Å². The van der Waals surface area contributed by atoms with E-state index in [1.54, 1.807) is 6.20 Å². The van der Waals surface area contributed by atoms with Crippen LogP contribution in [0.5, 0.6) is 0 Å². The molecule has 6 heteroatoms. The monoisotopic (exact) mass is 287 g/mol. The summed E-state index contributed by atoms with van der Waals surface area (Å²) in [5, 5.41) is 4.21. The zero-order chi connectivity index (χ0) is 14.8. The van der Waals surface area contributed by atoms with E-state index in [1.807, 2.05) is 35.7 Å². The lowest BCUT2D eigenvalue weighted by Crippen LogP contribution is -2.29. The van der Waals surface area contributed by atoms with Crippen molar-refractivity contribution in [1.82, 2.24) is 24.6 Å². The first-order chi connectivity index (χ1) is 10.1. The molecule has 0 spiro atoms. The number of aromatic amines is 1. The highest BCUT2D eigenvalue weighted by atomic mass is 16.2. The van der Waals surface area contributed by atoms with Crippen LogP contribution in [0.4, 0.5) is 0 Å². The summed E-state index contributed by atoms with van der Waals surface area (Å²) in [4.78, 5) is 21.9. The highest BCUT2D eigenvalue weighted by molar-refractivity contribution is 5.76. The van der Waals surface area contributed by atoms with E-state index in [-0.39, 0.29) is 5.91 Å². The van der Waals surface area contributed by atoms with Crippen LogP contribution < -0.4 is 0 Å². The number of likely N-dealkylation sites (tertiary alicyclic amines) is 1. The van der Waals surface area contributed by atoms with E-state index in [0.717, 1.165) is 36.7 Å². The molecule has 112 valence electrons. The van der Waals surface area contributed by atoms with E-state index in [1.165, 1.54) is 0 Å². The summed E-state index contributed by atoms with van der Waals surface area (Å²) >= 11 is 0. The van der Waals surface area contributed by atoms with Crippen LogP contribution in [0, 0.1) is 13.8 Å². The number of carbonyl (C=O) groups excluding carboxylic acids is 1. The number of hydrogen-bond acceptors (Lipinski definition) is 3. The van der Waals surface area contributed by atoms with Gasteiger partial charge in [-0.1, -0.05) is 0 Å². The minimum Gasteiger partial charge on any atom is -0.346 e. The van der Waals surface area contributed by atoms with Crippen molar-refractivity contribution < 1.29 is 4.79 Å². The van der Waals surface area contributed by atoms with Crippen molar-refractivity contribution >= 4 is 5.91 Å². The summed E-state index contributed by atoms with van der Waals surface area (Å²) < 4.78 is 1.88. The lowest BCUT2D eigenvalue weighted by molar-refractivity contribution is -0.130. The molecule has 1 atom stereocenters. The number of H-pyrrole nitrogens is 1. The van der Waals surface area contributed by atoms with E-state index in [4.69, 9.17) is 0 Å². The molecule has 3 rings (SSSR count). The van der Waals surface area contributed by atoms with Gasteiger partial charge in [-0.25, -0.2) is 4.98 Å². The maximum atomic E-state index is 12.3. The van der Waals surface area contributed by atoms with E-state index in [9.17, 15) is 4.79 Å². The molecule has 2 aromatic heterocycles. The Balaban J connectivity index is 1.53. The quantitative estimate of drug-likeness (QED) is 0.929. The van der Waals surface area contributed by atoms with E-state index in [0.29, 0.717) is 18.9 Å². The highest BCUT2D eigenvalue weighted by Gasteiger charge is 2.28. The molecule has 1 aliphatic rings. The molecule has 1 N–H and O–H groups in total. The minimum atomic E-state index is 0.204. The number of nitrogens with zero attached hydrogens (tertiary/aromatic N) is 4. The zero-order valence-electron chi connectivity index (χ0n) is 12.5. The first-order valence-corrected chi connectivity index (χ1v) is 7.41. The smallest absolute Gasteiger partial charge is 0.224 e. The van der Waals surface area contributed by atoms with Crippen LogP contribution in [0.25, 0.3) is 0 Å². The number of rotatable bonds is 4. The summed E-state index contributed by atoms with van der Waals surface area (Å²) in [6, 6.07) is 1.95. The molecule has 6 nitrogen and oxygen atoms in total.